The summed E-state index contributed by atoms with van der Waals surface area (Å²) in [5, 5.41) is 6.12. The van der Waals surface area contributed by atoms with Crippen molar-refractivity contribution >= 4 is 29.0 Å². The van der Waals surface area contributed by atoms with Gasteiger partial charge in [-0.2, -0.15) is 0 Å². The van der Waals surface area contributed by atoms with E-state index in [9.17, 15) is 4.79 Å². The van der Waals surface area contributed by atoms with Gasteiger partial charge in [0.25, 0.3) is 0 Å². The summed E-state index contributed by atoms with van der Waals surface area (Å²) in [6.07, 6.45) is 1.67. The fraction of sp³-hybridized carbons (Fsp3) is 0.267. The van der Waals surface area contributed by atoms with Gasteiger partial charge in [-0.05, 0) is 31.2 Å². The van der Waals surface area contributed by atoms with Crippen LogP contribution in [0, 0.1) is 6.92 Å². The maximum Gasteiger partial charge on any atom is 0.319 e. The first-order valence-corrected chi connectivity index (χ1v) is 7.14. The van der Waals surface area contributed by atoms with Crippen molar-refractivity contribution in [1.29, 1.82) is 0 Å². The lowest BCUT2D eigenvalue weighted by molar-refractivity contribution is 0.251. The van der Waals surface area contributed by atoms with Gasteiger partial charge in [-0.25, -0.2) is 14.8 Å². The maximum atomic E-state index is 12.0. The van der Waals surface area contributed by atoms with Gasteiger partial charge in [-0.3, -0.25) is 0 Å². The zero-order valence-electron chi connectivity index (χ0n) is 12.7. The number of nitrogens with zero attached hydrogens (tertiary/aromatic N) is 3. The molecule has 2 rings (SSSR count). The zero-order chi connectivity index (χ0) is 16.1. The van der Waals surface area contributed by atoms with Crippen molar-refractivity contribution in [3.05, 3.63) is 47.0 Å². The molecule has 0 radical (unpaired) electrons. The van der Waals surface area contributed by atoms with E-state index >= 15 is 0 Å². The first kappa shape index (κ1) is 16.0. The number of carbonyl (C=O) groups excluding carboxylic acids is 1. The van der Waals surface area contributed by atoms with Crippen molar-refractivity contribution in [2.75, 3.05) is 24.3 Å². The number of urea groups is 1. The van der Waals surface area contributed by atoms with Crippen molar-refractivity contribution in [2.24, 2.45) is 0 Å². The van der Waals surface area contributed by atoms with E-state index in [1.54, 1.807) is 31.3 Å². The number of amides is 2. The Kier molecular flexibility index (Phi) is 5.16. The molecule has 2 N–H and O–H groups in total. The second-order valence-electron chi connectivity index (χ2n) is 4.96. The molecule has 0 saturated heterocycles. The Morgan fingerprint density at radius 1 is 1.32 bits per heavy atom. The number of hydrogen-bond acceptors (Lipinski definition) is 4. The lowest BCUT2D eigenvalue weighted by Crippen LogP contribution is -2.29. The molecule has 0 bridgehead atoms. The zero-order valence-corrected chi connectivity index (χ0v) is 13.5. The minimum atomic E-state index is -0.318. The smallest absolute Gasteiger partial charge is 0.319 e. The molecule has 7 heteroatoms. The molecule has 0 aliphatic heterocycles. The predicted octanol–water partition coefficient (Wildman–Crippen LogP) is 2.83. The van der Waals surface area contributed by atoms with Crippen molar-refractivity contribution in [2.45, 2.75) is 13.5 Å². The van der Waals surface area contributed by atoms with E-state index in [0.29, 0.717) is 23.1 Å². The largest absolute Gasteiger partial charge is 0.376 e. The Morgan fingerprint density at radius 3 is 2.77 bits per heavy atom. The number of aromatic nitrogens is 2. The average Bonchev–Trinajstić information content (AvgIpc) is 2.45. The summed E-state index contributed by atoms with van der Waals surface area (Å²) in [6.45, 7) is 2.13. The quantitative estimate of drug-likeness (QED) is 0.909. The Bertz CT molecular complexity index is 675. The highest BCUT2D eigenvalue weighted by Gasteiger charge is 2.09. The van der Waals surface area contributed by atoms with Gasteiger partial charge in [0.1, 0.15) is 5.82 Å². The molecule has 0 spiro atoms. The Hall–Kier alpha value is -2.34. The summed E-state index contributed by atoms with van der Waals surface area (Å²) in [5.74, 6) is 0.671. The van der Waals surface area contributed by atoms with Crippen LogP contribution in [0.1, 0.15) is 11.5 Å². The van der Waals surface area contributed by atoms with Gasteiger partial charge < -0.3 is 15.5 Å². The highest BCUT2D eigenvalue weighted by molar-refractivity contribution is 6.31. The van der Waals surface area contributed by atoms with Crippen LogP contribution in [0.4, 0.5) is 16.2 Å². The van der Waals surface area contributed by atoms with E-state index in [-0.39, 0.29) is 6.03 Å². The predicted molar refractivity (Wildman–Crippen MR) is 88.4 cm³/mol. The number of rotatable bonds is 4. The van der Waals surface area contributed by atoms with Crippen molar-refractivity contribution in [3.63, 3.8) is 0 Å². The molecule has 0 fully saturated rings. The van der Waals surface area contributed by atoms with Crippen LogP contribution >= 0.6 is 11.6 Å². The van der Waals surface area contributed by atoms with Gasteiger partial charge in [0, 0.05) is 25.3 Å². The topological polar surface area (TPSA) is 70.2 Å². The molecule has 0 atom stereocenters. The molecule has 22 heavy (non-hydrogen) atoms. The van der Waals surface area contributed by atoms with Crippen LogP contribution in [0.15, 0.2) is 30.5 Å². The standard InChI is InChI=1S/C15H18ClN5O/c1-10-17-7-6-12(19-10)9-18-15(22)20-13-8-11(16)4-5-14(13)21(2)3/h4-8H,9H2,1-3H3,(H2,18,20,22). The molecule has 2 aromatic rings. The van der Waals surface area contributed by atoms with Crippen molar-refractivity contribution in [3.8, 4) is 0 Å². The van der Waals surface area contributed by atoms with Gasteiger partial charge >= 0.3 is 6.03 Å². The third-order valence-corrected chi connectivity index (χ3v) is 3.19. The number of nitrogens with one attached hydrogen (secondary N) is 2. The molecule has 6 nitrogen and oxygen atoms in total. The number of hydrogen-bond donors (Lipinski definition) is 2. The number of carbonyl (C=O) groups is 1. The molecule has 0 unspecified atom stereocenters. The van der Waals surface area contributed by atoms with Crippen LogP contribution in [0.3, 0.4) is 0 Å². The van der Waals surface area contributed by atoms with Crippen LogP contribution in [0.2, 0.25) is 5.02 Å². The first-order valence-electron chi connectivity index (χ1n) is 6.76. The Morgan fingerprint density at radius 2 is 2.09 bits per heavy atom. The van der Waals surface area contributed by atoms with Gasteiger partial charge in [-0.15, -0.1) is 0 Å². The Balaban J connectivity index is 2.01. The van der Waals surface area contributed by atoms with Gasteiger partial charge in [0.2, 0.25) is 0 Å². The maximum absolute atomic E-state index is 12.0. The minimum Gasteiger partial charge on any atom is -0.376 e. The second-order valence-corrected chi connectivity index (χ2v) is 5.40. The summed E-state index contributed by atoms with van der Waals surface area (Å²) < 4.78 is 0. The number of benzene rings is 1. The minimum absolute atomic E-state index is 0.318. The van der Waals surface area contributed by atoms with Crippen molar-refractivity contribution < 1.29 is 4.79 Å². The van der Waals surface area contributed by atoms with Crippen LogP contribution in [0.5, 0.6) is 0 Å². The summed E-state index contributed by atoms with van der Waals surface area (Å²) >= 11 is 5.99. The van der Waals surface area contributed by atoms with Crippen LogP contribution in [-0.2, 0) is 6.54 Å². The summed E-state index contributed by atoms with van der Waals surface area (Å²) in [6, 6.07) is 6.79. The Labute approximate surface area is 134 Å². The van der Waals surface area contributed by atoms with E-state index < -0.39 is 0 Å². The van der Waals surface area contributed by atoms with E-state index in [1.165, 1.54) is 0 Å². The average molecular weight is 320 g/mol. The number of anilines is 2. The highest BCUT2D eigenvalue weighted by atomic mass is 35.5. The molecule has 116 valence electrons. The number of aryl methyl sites for hydroxylation is 1. The molecule has 2 amide bonds. The van der Waals surface area contributed by atoms with Gasteiger partial charge in [0.05, 0.1) is 23.6 Å². The van der Waals surface area contributed by atoms with E-state index in [4.69, 9.17) is 11.6 Å². The van der Waals surface area contributed by atoms with E-state index in [2.05, 4.69) is 20.6 Å². The van der Waals surface area contributed by atoms with Gasteiger partial charge in [0.15, 0.2) is 0 Å². The SMILES string of the molecule is Cc1nccc(CNC(=O)Nc2cc(Cl)ccc2N(C)C)n1. The molecule has 1 aromatic carbocycles. The lowest BCUT2D eigenvalue weighted by atomic mass is 10.2. The monoisotopic (exact) mass is 319 g/mol. The molecule has 0 aliphatic carbocycles. The van der Waals surface area contributed by atoms with Crippen LogP contribution in [-0.4, -0.2) is 30.1 Å². The van der Waals surface area contributed by atoms with E-state index in [0.717, 1.165) is 11.4 Å². The molecular weight excluding hydrogens is 302 g/mol. The molecule has 0 saturated carbocycles. The molecule has 1 aromatic heterocycles. The highest BCUT2D eigenvalue weighted by Crippen LogP contribution is 2.27. The normalized spacial score (nSPS) is 10.2. The fourth-order valence-corrected chi connectivity index (χ4v) is 2.11. The first-order chi connectivity index (χ1) is 10.5. The van der Waals surface area contributed by atoms with Crippen LogP contribution < -0.4 is 15.5 Å². The fourth-order valence-electron chi connectivity index (χ4n) is 1.94. The molecule has 1 heterocycles. The molecular formula is C15H18ClN5O. The van der Waals surface area contributed by atoms with Crippen molar-refractivity contribution in [1.82, 2.24) is 15.3 Å². The molecule has 0 aliphatic rings. The van der Waals surface area contributed by atoms with Crippen LogP contribution in [0.25, 0.3) is 0 Å². The lowest BCUT2D eigenvalue weighted by Gasteiger charge is -2.18. The van der Waals surface area contributed by atoms with E-state index in [1.807, 2.05) is 25.1 Å². The summed E-state index contributed by atoms with van der Waals surface area (Å²) in [5.41, 5.74) is 2.27. The third-order valence-electron chi connectivity index (χ3n) is 2.95. The third kappa shape index (κ3) is 4.33. The number of halogens is 1. The second kappa shape index (κ2) is 7.09. The summed E-state index contributed by atoms with van der Waals surface area (Å²) in [4.78, 5) is 22.2. The summed E-state index contributed by atoms with van der Waals surface area (Å²) in [7, 11) is 3.80. The van der Waals surface area contributed by atoms with Gasteiger partial charge in [-0.1, -0.05) is 11.6 Å².